The Morgan fingerprint density at radius 2 is 1.77 bits per heavy atom. The molecule has 0 radical (unpaired) electrons. The summed E-state index contributed by atoms with van der Waals surface area (Å²) in [5.74, 6) is -0.112. The Hall–Kier alpha value is -3.57. The van der Waals surface area contributed by atoms with Crippen LogP contribution in [0.3, 0.4) is 0 Å². The molecule has 2 heterocycles. The van der Waals surface area contributed by atoms with E-state index in [1.165, 1.54) is 12.1 Å². The zero-order valence-corrected chi connectivity index (χ0v) is 19.8. The summed E-state index contributed by atoms with van der Waals surface area (Å²) in [7, 11) is -3.84. The average Bonchev–Trinajstić information content (AvgIpc) is 3.28. The van der Waals surface area contributed by atoms with Crippen LogP contribution in [-0.4, -0.2) is 55.6 Å². The molecule has 4 aromatic rings. The Balaban J connectivity index is 1.47. The van der Waals surface area contributed by atoms with Gasteiger partial charge < -0.3 is 10.6 Å². The van der Waals surface area contributed by atoms with Gasteiger partial charge in [0.05, 0.1) is 10.4 Å². The number of carbonyl (C=O) groups is 1. The molecule has 1 aliphatic rings. The summed E-state index contributed by atoms with van der Waals surface area (Å²) in [6.45, 7) is 3.22. The van der Waals surface area contributed by atoms with Crippen LogP contribution in [-0.2, 0) is 14.8 Å². The van der Waals surface area contributed by atoms with Crippen LogP contribution in [0.25, 0.3) is 22.2 Å². The number of nitrogens with one attached hydrogen (secondary N) is 3. The molecule has 1 aliphatic heterocycles. The highest BCUT2D eigenvalue weighted by atomic mass is 32.2. The normalized spacial score (nSPS) is 15.7. The maximum absolute atomic E-state index is 13.5. The monoisotopic (exact) mass is 490 g/mol. The van der Waals surface area contributed by atoms with Gasteiger partial charge in [-0.25, -0.2) is 13.6 Å². The van der Waals surface area contributed by atoms with Crippen LogP contribution in [0.2, 0.25) is 0 Å². The highest BCUT2D eigenvalue weighted by Crippen LogP contribution is 2.30. The second-order valence-corrected chi connectivity index (χ2v) is 10.1. The number of primary sulfonamides is 1. The number of piperazine rings is 1. The molecule has 5 N–H and O–H groups in total. The van der Waals surface area contributed by atoms with Gasteiger partial charge in [0.2, 0.25) is 15.9 Å². The van der Waals surface area contributed by atoms with Crippen molar-refractivity contribution in [3.8, 4) is 11.3 Å². The van der Waals surface area contributed by atoms with Crippen molar-refractivity contribution in [2.45, 2.75) is 10.9 Å². The number of nitrogens with two attached hydrogens (primary N) is 1. The zero-order valence-electron chi connectivity index (χ0n) is 18.9. The van der Waals surface area contributed by atoms with E-state index in [9.17, 15) is 13.2 Å². The van der Waals surface area contributed by atoms with Gasteiger partial charge in [-0.05, 0) is 35.9 Å². The third kappa shape index (κ3) is 4.96. The molecule has 1 amide bonds. The summed E-state index contributed by atoms with van der Waals surface area (Å²) in [6, 6.07) is 21.2. The molecule has 1 atom stereocenters. The fourth-order valence-electron chi connectivity index (χ4n) is 4.45. The smallest absolute Gasteiger partial charge is 0.246 e. The third-order valence-corrected chi connectivity index (χ3v) is 7.06. The number of amides is 1. The van der Waals surface area contributed by atoms with Gasteiger partial charge in [0.25, 0.3) is 0 Å². The Morgan fingerprint density at radius 3 is 2.51 bits per heavy atom. The number of anilines is 1. The lowest BCUT2D eigenvalue weighted by atomic mass is 10.0. The Kier molecular flexibility index (Phi) is 6.35. The van der Waals surface area contributed by atoms with Gasteiger partial charge in [-0.3, -0.25) is 14.8 Å². The molecule has 0 aliphatic carbocycles. The first-order valence-electron chi connectivity index (χ1n) is 11.3. The quantitative estimate of drug-likeness (QED) is 0.328. The number of sulfonamides is 1. The molecule has 3 aromatic carbocycles. The van der Waals surface area contributed by atoms with Crippen molar-refractivity contribution < 1.29 is 13.2 Å². The fourth-order valence-corrected chi connectivity index (χ4v) is 5.01. The summed E-state index contributed by atoms with van der Waals surface area (Å²) in [5, 5.41) is 19.8. The molecule has 1 unspecified atom stereocenters. The molecule has 5 rings (SSSR count). The van der Waals surface area contributed by atoms with Gasteiger partial charge in [-0.1, -0.05) is 42.5 Å². The van der Waals surface area contributed by atoms with E-state index in [1.54, 1.807) is 12.1 Å². The van der Waals surface area contributed by atoms with Crippen molar-refractivity contribution in [3.05, 3.63) is 78.4 Å². The molecule has 0 saturated carbocycles. The minimum Gasteiger partial charge on any atom is -0.324 e. The van der Waals surface area contributed by atoms with Gasteiger partial charge in [0, 0.05) is 42.8 Å². The SMILES string of the molecule is NS(=O)(=O)c1cccc(-c2n[nH]c3ccc(NC(=O)C(c4ccccc4)N4CCNCC4)cc23)c1. The number of H-pyrrole nitrogens is 1. The standard InChI is InChI=1S/C25H26N6O3S/c26-35(33,34)20-8-4-7-18(15-20)23-21-16-19(9-10-22(21)29-30-23)28-25(32)24(17-5-2-1-3-6-17)31-13-11-27-12-14-31/h1-10,15-16,24,27H,11-14H2,(H,28,32)(H,29,30)(H2,26,33,34). The van der Waals surface area contributed by atoms with Crippen LogP contribution in [0, 0.1) is 0 Å². The van der Waals surface area contributed by atoms with Crippen molar-refractivity contribution in [2.75, 3.05) is 31.5 Å². The number of aromatic amines is 1. The molecule has 1 aromatic heterocycles. The third-order valence-electron chi connectivity index (χ3n) is 6.15. The number of rotatable bonds is 6. The van der Waals surface area contributed by atoms with Crippen LogP contribution in [0.15, 0.2) is 77.7 Å². The van der Waals surface area contributed by atoms with Crippen LogP contribution >= 0.6 is 0 Å². The fraction of sp³-hybridized carbons (Fsp3) is 0.200. The lowest BCUT2D eigenvalue weighted by Crippen LogP contribution is -2.48. The maximum Gasteiger partial charge on any atom is 0.246 e. The van der Waals surface area contributed by atoms with Crippen LogP contribution < -0.4 is 15.8 Å². The number of nitrogens with zero attached hydrogens (tertiary/aromatic N) is 2. The summed E-state index contributed by atoms with van der Waals surface area (Å²) >= 11 is 0. The van der Waals surface area contributed by atoms with E-state index in [0.717, 1.165) is 42.6 Å². The van der Waals surface area contributed by atoms with Crippen molar-refractivity contribution in [3.63, 3.8) is 0 Å². The molecular formula is C25H26N6O3S. The van der Waals surface area contributed by atoms with Crippen molar-refractivity contribution in [2.24, 2.45) is 5.14 Å². The van der Waals surface area contributed by atoms with Gasteiger partial charge in [-0.15, -0.1) is 0 Å². The number of fused-ring (bicyclic) bond motifs is 1. The minimum absolute atomic E-state index is 0.0114. The van der Waals surface area contributed by atoms with E-state index in [4.69, 9.17) is 5.14 Å². The number of hydrogen-bond acceptors (Lipinski definition) is 6. The van der Waals surface area contributed by atoms with E-state index in [-0.39, 0.29) is 10.8 Å². The Morgan fingerprint density at radius 1 is 1.00 bits per heavy atom. The molecule has 1 saturated heterocycles. The Bertz CT molecular complexity index is 1460. The summed E-state index contributed by atoms with van der Waals surface area (Å²) in [6.07, 6.45) is 0. The maximum atomic E-state index is 13.5. The number of benzene rings is 3. The Labute approximate surface area is 203 Å². The van der Waals surface area contributed by atoms with Crippen molar-refractivity contribution >= 4 is 32.5 Å². The van der Waals surface area contributed by atoms with E-state index in [1.807, 2.05) is 48.5 Å². The minimum atomic E-state index is -3.84. The van der Waals surface area contributed by atoms with Gasteiger partial charge in [0.1, 0.15) is 11.7 Å². The molecule has 10 heteroatoms. The average molecular weight is 491 g/mol. The summed E-state index contributed by atoms with van der Waals surface area (Å²) in [5.41, 5.74) is 3.51. The molecule has 9 nitrogen and oxygen atoms in total. The summed E-state index contributed by atoms with van der Waals surface area (Å²) in [4.78, 5) is 15.7. The molecule has 180 valence electrons. The molecular weight excluding hydrogens is 464 g/mol. The number of hydrogen-bond donors (Lipinski definition) is 4. The number of carbonyl (C=O) groups excluding carboxylic acids is 1. The van der Waals surface area contributed by atoms with Crippen LogP contribution in [0.5, 0.6) is 0 Å². The van der Waals surface area contributed by atoms with Crippen molar-refractivity contribution in [1.29, 1.82) is 0 Å². The summed E-state index contributed by atoms with van der Waals surface area (Å²) < 4.78 is 23.6. The van der Waals surface area contributed by atoms with E-state index in [2.05, 4.69) is 25.7 Å². The topological polar surface area (TPSA) is 133 Å². The van der Waals surface area contributed by atoms with E-state index in [0.29, 0.717) is 16.9 Å². The zero-order chi connectivity index (χ0) is 24.4. The predicted octanol–water partition coefficient (Wildman–Crippen LogP) is 2.46. The second kappa shape index (κ2) is 9.59. The lowest BCUT2D eigenvalue weighted by molar-refractivity contribution is -0.121. The van der Waals surface area contributed by atoms with Gasteiger partial charge in [-0.2, -0.15) is 5.10 Å². The van der Waals surface area contributed by atoms with E-state index < -0.39 is 16.1 Å². The first kappa shape index (κ1) is 23.2. The first-order chi connectivity index (χ1) is 16.9. The largest absolute Gasteiger partial charge is 0.324 e. The van der Waals surface area contributed by atoms with E-state index >= 15 is 0 Å². The molecule has 35 heavy (non-hydrogen) atoms. The van der Waals surface area contributed by atoms with Gasteiger partial charge in [0.15, 0.2) is 0 Å². The molecule has 0 bridgehead atoms. The molecule has 0 spiro atoms. The molecule has 1 fully saturated rings. The predicted molar refractivity (Wildman–Crippen MR) is 135 cm³/mol. The highest BCUT2D eigenvalue weighted by Gasteiger charge is 2.28. The second-order valence-electron chi connectivity index (χ2n) is 8.49. The lowest BCUT2D eigenvalue weighted by Gasteiger charge is -2.34. The van der Waals surface area contributed by atoms with Crippen LogP contribution in [0.4, 0.5) is 5.69 Å². The van der Waals surface area contributed by atoms with Crippen molar-refractivity contribution in [1.82, 2.24) is 20.4 Å². The van der Waals surface area contributed by atoms with Gasteiger partial charge >= 0.3 is 0 Å². The number of aromatic nitrogens is 2. The van der Waals surface area contributed by atoms with Crippen LogP contribution in [0.1, 0.15) is 11.6 Å². The first-order valence-corrected chi connectivity index (χ1v) is 12.9. The highest BCUT2D eigenvalue weighted by molar-refractivity contribution is 7.89.